The maximum atomic E-state index is 12.1. The van der Waals surface area contributed by atoms with Crippen molar-refractivity contribution in [2.75, 3.05) is 19.7 Å². The molecule has 0 spiro atoms. The molecule has 1 aliphatic rings. The minimum atomic E-state index is -4.37. The van der Waals surface area contributed by atoms with Crippen molar-refractivity contribution in [2.24, 2.45) is 0 Å². The van der Waals surface area contributed by atoms with E-state index in [0.29, 0.717) is 18.7 Å². The minimum Gasteiger partial charge on any atom is -0.449 e. The number of amides is 1. The molecule has 1 amide bonds. The number of carbonyl (C=O) groups is 2. The van der Waals surface area contributed by atoms with Crippen LogP contribution in [0.2, 0.25) is 0 Å². The van der Waals surface area contributed by atoms with Crippen molar-refractivity contribution in [1.29, 1.82) is 0 Å². The molecule has 1 heterocycles. The summed E-state index contributed by atoms with van der Waals surface area (Å²) in [4.78, 5) is 25.8. The van der Waals surface area contributed by atoms with Crippen molar-refractivity contribution in [2.45, 2.75) is 38.7 Å². The van der Waals surface area contributed by atoms with Crippen LogP contribution in [0.1, 0.15) is 35.7 Å². The predicted molar refractivity (Wildman–Crippen MR) is 82.8 cm³/mol. The molecule has 25 heavy (non-hydrogen) atoms. The van der Waals surface area contributed by atoms with Gasteiger partial charge in [0.05, 0.1) is 12.2 Å². The molecule has 8 heteroatoms. The van der Waals surface area contributed by atoms with Crippen LogP contribution < -0.4 is 0 Å². The fraction of sp³-hybridized carbons (Fsp3) is 0.529. The summed E-state index contributed by atoms with van der Waals surface area (Å²) in [6, 6.07) is 5.84. The Labute approximate surface area is 143 Å². The highest BCUT2D eigenvalue weighted by Crippen LogP contribution is 2.16. The maximum absolute atomic E-state index is 12.1. The quantitative estimate of drug-likeness (QED) is 0.733. The van der Waals surface area contributed by atoms with Gasteiger partial charge in [-0.1, -0.05) is 12.1 Å². The van der Waals surface area contributed by atoms with Crippen molar-refractivity contribution in [3.05, 3.63) is 35.4 Å². The average molecular weight is 359 g/mol. The second kappa shape index (κ2) is 8.33. The van der Waals surface area contributed by atoms with Gasteiger partial charge in [-0.25, -0.2) is 4.79 Å². The second-order valence-electron chi connectivity index (χ2n) is 5.88. The highest BCUT2D eigenvalue weighted by atomic mass is 19.4. The largest absolute Gasteiger partial charge is 0.449 e. The van der Waals surface area contributed by atoms with Crippen LogP contribution in [0.3, 0.4) is 0 Å². The lowest BCUT2D eigenvalue weighted by molar-refractivity contribution is -0.176. The summed E-state index contributed by atoms with van der Waals surface area (Å²) in [5, 5.41) is 0. The first-order valence-electron chi connectivity index (χ1n) is 7.99. The lowest BCUT2D eigenvalue weighted by atomic mass is 10.1. The Morgan fingerprint density at radius 1 is 1.16 bits per heavy atom. The van der Waals surface area contributed by atoms with E-state index in [2.05, 4.69) is 4.74 Å². The SMILES string of the molecule is CC(OC(=O)c1ccc(COCC(F)(F)F)cc1)C(=O)N1CCCC1. The molecule has 2 rings (SSSR count). The van der Waals surface area contributed by atoms with Crippen LogP contribution >= 0.6 is 0 Å². The number of alkyl halides is 3. The lowest BCUT2D eigenvalue weighted by Gasteiger charge is -2.20. The van der Waals surface area contributed by atoms with Crippen LogP contribution in [0, 0.1) is 0 Å². The summed E-state index contributed by atoms with van der Waals surface area (Å²) in [5.41, 5.74) is 0.725. The molecular weight excluding hydrogens is 339 g/mol. The fourth-order valence-corrected chi connectivity index (χ4v) is 2.50. The normalized spacial score (nSPS) is 15.9. The van der Waals surface area contributed by atoms with Crippen LogP contribution in [0.5, 0.6) is 0 Å². The van der Waals surface area contributed by atoms with Gasteiger partial charge >= 0.3 is 12.1 Å². The number of ether oxygens (including phenoxy) is 2. The minimum absolute atomic E-state index is 0.210. The van der Waals surface area contributed by atoms with Crippen molar-refractivity contribution >= 4 is 11.9 Å². The molecule has 1 aliphatic heterocycles. The van der Waals surface area contributed by atoms with E-state index in [1.54, 1.807) is 4.90 Å². The number of benzene rings is 1. The number of likely N-dealkylation sites (tertiary alicyclic amines) is 1. The Morgan fingerprint density at radius 2 is 1.76 bits per heavy atom. The van der Waals surface area contributed by atoms with Crippen LogP contribution in [0.4, 0.5) is 13.2 Å². The van der Waals surface area contributed by atoms with Gasteiger partial charge in [-0.05, 0) is 37.5 Å². The molecule has 138 valence electrons. The Bertz CT molecular complexity index is 595. The summed E-state index contributed by atoms with van der Waals surface area (Å²) in [6.07, 6.45) is -3.35. The molecule has 1 fully saturated rings. The van der Waals surface area contributed by atoms with E-state index in [1.165, 1.54) is 31.2 Å². The Morgan fingerprint density at radius 3 is 2.32 bits per heavy atom. The van der Waals surface area contributed by atoms with Crippen molar-refractivity contribution in [1.82, 2.24) is 4.90 Å². The number of halogens is 3. The lowest BCUT2D eigenvalue weighted by Crippen LogP contribution is -2.38. The number of nitrogens with zero attached hydrogens (tertiary/aromatic N) is 1. The van der Waals surface area contributed by atoms with E-state index >= 15 is 0 Å². The van der Waals surface area contributed by atoms with E-state index in [0.717, 1.165) is 12.8 Å². The van der Waals surface area contributed by atoms with E-state index < -0.39 is 24.9 Å². The van der Waals surface area contributed by atoms with Gasteiger partial charge < -0.3 is 14.4 Å². The smallest absolute Gasteiger partial charge is 0.411 e. The summed E-state index contributed by atoms with van der Waals surface area (Å²) < 4.78 is 45.7. The van der Waals surface area contributed by atoms with Crippen LogP contribution in [0.25, 0.3) is 0 Å². The zero-order chi connectivity index (χ0) is 18.4. The van der Waals surface area contributed by atoms with Crippen LogP contribution in [-0.2, 0) is 20.9 Å². The van der Waals surface area contributed by atoms with Gasteiger partial charge in [-0.2, -0.15) is 13.2 Å². The molecule has 1 unspecified atom stereocenters. The molecule has 0 aliphatic carbocycles. The summed E-state index contributed by atoms with van der Waals surface area (Å²) in [7, 11) is 0. The molecule has 0 saturated carbocycles. The van der Waals surface area contributed by atoms with E-state index in [-0.39, 0.29) is 18.1 Å². The van der Waals surface area contributed by atoms with Crippen molar-refractivity contribution < 1.29 is 32.2 Å². The van der Waals surface area contributed by atoms with E-state index in [4.69, 9.17) is 4.74 Å². The molecule has 0 N–H and O–H groups in total. The first kappa shape index (κ1) is 19.2. The van der Waals surface area contributed by atoms with Gasteiger partial charge in [0.2, 0.25) is 0 Å². The second-order valence-corrected chi connectivity index (χ2v) is 5.88. The molecule has 0 bridgehead atoms. The third-order valence-electron chi connectivity index (χ3n) is 3.77. The summed E-state index contributed by atoms with van der Waals surface area (Å²) in [6.45, 7) is 1.34. The maximum Gasteiger partial charge on any atom is 0.411 e. The number of carbonyl (C=O) groups excluding carboxylic acids is 2. The molecule has 0 aromatic heterocycles. The van der Waals surface area contributed by atoms with E-state index in [9.17, 15) is 22.8 Å². The first-order valence-corrected chi connectivity index (χ1v) is 7.99. The zero-order valence-electron chi connectivity index (χ0n) is 13.8. The summed E-state index contributed by atoms with van der Waals surface area (Å²) in [5.74, 6) is -0.870. The van der Waals surface area contributed by atoms with Gasteiger partial charge in [0.15, 0.2) is 6.10 Å². The Hall–Kier alpha value is -2.09. The third kappa shape index (κ3) is 6.04. The number of rotatable bonds is 6. The predicted octanol–water partition coefficient (Wildman–Crippen LogP) is 2.93. The number of hydrogen-bond donors (Lipinski definition) is 0. The molecule has 1 aromatic rings. The molecular formula is C17H20F3NO4. The van der Waals surface area contributed by atoms with Crippen LogP contribution in [-0.4, -0.2) is 48.8 Å². The van der Waals surface area contributed by atoms with Gasteiger partial charge in [-0.15, -0.1) is 0 Å². The Balaban J connectivity index is 1.84. The standard InChI is InChI=1S/C17H20F3NO4/c1-12(15(22)21-8-2-3-9-21)25-16(23)14-6-4-13(5-7-14)10-24-11-17(18,19)20/h4-7,12H,2-3,8-11H2,1H3. The van der Waals surface area contributed by atoms with Gasteiger partial charge in [-0.3, -0.25) is 4.79 Å². The average Bonchev–Trinajstić information content (AvgIpc) is 3.07. The fourth-order valence-electron chi connectivity index (χ4n) is 2.50. The number of hydrogen-bond acceptors (Lipinski definition) is 4. The van der Waals surface area contributed by atoms with Crippen LogP contribution in [0.15, 0.2) is 24.3 Å². The zero-order valence-corrected chi connectivity index (χ0v) is 13.8. The van der Waals surface area contributed by atoms with Gasteiger partial charge in [0.25, 0.3) is 5.91 Å². The Kier molecular flexibility index (Phi) is 6.41. The van der Waals surface area contributed by atoms with Gasteiger partial charge in [0.1, 0.15) is 6.61 Å². The molecule has 1 atom stereocenters. The highest BCUT2D eigenvalue weighted by Gasteiger charge is 2.28. The summed E-state index contributed by atoms with van der Waals surface area (Å²) >= 11 is 0. The van der Waals surface area contributed by atoms with Crippen molar-refractivity contribution in [3.63, 3.8) is 0 Å². The molecule has 0 radical (unpaired) electrons. The molecule has 5 nitrogen and oxygen atoms in total. The third-order valence-corrected chi connectivity index (χ3v) is 3.77. The van der Waals surface area contributed by atoms with Crippen molar-refractivity contribution in [3.8, 4) is 0 Å². The first-order chi connectivity index (χ1) is 11.8. The van der Waals surface area contributed by atoms with Gasteiger partial charge in [0, 0.05) is 13.1 Å². The highest BCUT2D eigenvalue weighted by molar-refractivity contribution is 5.92. The topological polar surface area (TPSA) is 55.8 Å². The van der Waals surface area contributed by atoms with E-state index in [1.807, 2.05) is 0 Å². The molecule has 1 aromatic carbocycles. The number of esters is 1. The molecule has 1 saturated heterocycles. The monoisotopic (exact) mass is 359 g/mol.